The number of benzene rings is 2. The number of hydrogen-bond acceptors (Lipinski definition) is 2. The van der Waals surface area contributed by atoms with Gasteiger partial charge in [-0.05, 0) is 17.7 Å². The first-order valence-corrected chi connectivity index (χ1v) is 6.28. The van der Waals surface area contributed by atoms with Gasteiger partial charge in [-0.15, -0.1) is 0 Å². The van der Waals surface area contributed by atoms with E-state index in [-0.39, 0.29) is 12.2 Å². The Balaban J connectivity index is 1.83. The van der Waals surface area contributed by atoms with E-state index in [2.05, 4.69) is 23.0 Å². The highest BCUT2D eigenvalue weighted by molar-refractivity contribution is 5.94. The fourth-order valence-corrected chi connectivity index (χ4v) is 2.28. The van der Waals surface area contributed by atoms with Crippen LogP contribution in [-0.4, -0.2) is 12.2 Å². The second kappa shape index (κ2) is 5.12. The normalized spacial score (nSPS) is 18.4. The van der Waals surface area contributed by atoms with Crippen LogP contribution in [0.2, 0.25) is 0 Å². The van der Waals surface area contributed by atoms with Gasteiger partial charge in [0.25, 0.3) is 0 Å². The van der Waals surface area contributed by atoms with E-state index < -0.39 is 0 Å². The number of amides is 2. The number of para-hydroxylation sites is 1. The van der Waals surface area contributed by atoms with Gasteiger partial charge in [0.15, 0.2) is 0 Å². The van der Waals surface area contributed by atoms with Crippen molar-refractivity contribution in [3.63, 3.8) is 0 Å². The Morgan fingerprint density at radius 2 is 1.58 bits per heavy atom. The molecule has 2 N–H and O–H groups in total. The third-order valence-corrected chi connectivity index (χ3v) is 3.18. The number of hydrazine groups is 1. The molecule has 1 atom stereocenters. The smallest absolute Gasteiger partial charge is 0.275 e. The molecule has 0 saturated carbocycles. The average Bonchev–Trinajstić information content (AvgIpc) is 2.82. The van der Waals surface area contributed by atoms with Crippen molar-refractivity contribution >= 4 is 11.7 Å². The summed E-state index contributed by atoms with van der Waals surface area (Å²) >= 11 is 0. The van der Waals surface area contributed by atoms with Gasteiger partial charge in [0, 0.05) is 12.1 Å². The zero-order valence-electron chi connectivity index (χ0n) is 10.4. The lowest BCUT2D eigenvalue weighted by atomic mass is 10.1. The van der Waals surface area contributed by atoms with Crippen LogP contribution in [0.1, 0.15) is 5.56 Å². The van der Waals surface area contributed by atoms with Gasteiger partial charge in [0.05, 0.1) is 0 Å². The Hall–Kier alpha value is -2.33. The van der Waals surface area contributed by atoms with E-state index in [1.807, 2.05) is 48.5 Å². The van der Waals surface area contributed by atoms with E-state index in [1.165, 1.54) is 5.56 Å². The zero-order chi connectivity index (χ0) is 13.1. The largest absolute Gasteiger partial charge is 0.337 e. The second-order valence-corrected chi connectivity index (χ2v) is 4.49. The fourth-order valence-electron chi connectivity index (χ4n) is 2.28. The van der Waals surface area contributed by atoms with Crippen LogP contribution in [-0.2, 0) is 6.42 Å². The number of carbonyl (C=O) groups is 1. The third-order valence-electron chi connectivity index (χ3n) is 3.18. The number of nitrogens with zero attached hydrogens (tertiary/aromatic N) is 1. The Bertz CT molecular complexity index is 556. The molecule has 96 valence electrons. The summed E-state index contributed by atoms with van der Waals surface area (Å²) in [5.41, 5.74) is 7.79. The molecule has 1 fully saturated rings. The van der Waals surface area contributed by atoms with Crippen LogP contribution in [0.3, 0.4) is 0 Å². The molecule has 2 aromatic rings. The molecule has 0 bridgehead atoms. The van der Waals surface area contributed by atoms with Crippen LogP contribution in [0.15, 0.2) is 60.7 Å². The monoisotopic (exact) mass is 253 g/mol. The van der Waals surface area contributed by atoms with E-state index in [4.69, 9.17) is 0 Å². The highest BCUT2D eigenvalue weighted by atomic mass is 16.2. The minimum absolute atomic E-state index is 0.0719. The van der Waals surface area contributed by atoms with Gasteiger partial charge in [-0.25, -0.2) is 10.2 Å². The molecule has 0 spiro atoms. The van der Waals surface area contributed by atoms with E-state index in [1.54, 1.807) is 4.90 Å². The molecule has 0 aliphatic carbocycles. The van der Waals surface area contributed by atoms with Crippen molar-refractivity contribution in [1.82, 2.24) is 10.9 Å². The Morgan fingerprint density at radius 1 is 0.947 bits per heavy atom. The van der Waals surface area contributed by atoms with Crippen LogP contribution in [0.4, 0.5) is 10.5 Å². The number of rotatable bonds is 3. The second-order valence-electron chi connectivity index (χ2n) is 4.49. The van der Waals surface area contributed by atoms with Crippen molar-refractivity contribution in [3.05, 3.63) is 66.2 Å². The molecule has 3 rings (SSSR count). The summed E-state index contributed by atoms with van der Waals surface area (Å²) in [5.74, 6) is 0. The first kappa shape index (κ1) is 11.7. The van der Waals surface area contributed by atoms with Gasteiger partial charge in [-0.2, -0.15) is 0 Å². The number of nitrogens with one attached hydrogen (secondary N) is 2. The summed E-state index contributed by atoms with van der Waals surface area (Å²) in [5, 5.41) is 0. The predicted octanol–water partition coefficient (Wildman–Crippen LogP) is 2.29. The van der Waals surface area contributed by atoms with Gasteiger partial charge in [-0.3, -0.25) is 10.3 Å². The molecular weight excluding hydrogens is 238 g/mol. The maximum atomic E-state index is 11.9. The SMILES string of the molecule is O=C1NNC(Cc2ccccc2)N1c1ccccc1. The molecule has 2 amide bonds. The Morgan fingerprint density at radius 3 is 2.26 bits per heavy atom. The minimum atomic E-state index is -0.118. The standard InChI is InChI=1S/C15H15N3O/c19-15-17-16-14(11-12-7-3-1-4-8-12)18(15)13-9-5-2-6-10-13/h1-10,14,16H,11H2,(H,17,19). The van der Waals surface area contributed by atoms with Crippen molar-refractivity contribution in [2.75, 3.05) is 4.90 Å². The summed E-state index contributed by atoms with van der Waals surface area (Å²) < 4.78 is 0. The topological polar surface area (TPSA) is 44.4 Å². The quantitative estimate of drug-likeness (QED) is 0.881. The van der Waals surface area contributed by atoms with Crippen LogP contribution in [0, 0.1) is 0 Å². The summed E-state index contributed by atoms with van der Waals surface area (Å²) in [6, 6.07) is 19.7. The first-order chi connectivity index (χ1) is 9.34. The minimum Gasteiger partial charge on any atom is -0.275 e. The van der Waals surface area contributed by atoms with E-state index in [0.717, 1.165) is 12.1 Å². The van der Waals surface area contributed by atoms with Gasteiger partial charge in [0.1, 0.15) is 6.17 Å². The van der Waals surface area contributed by atoms with Crippen molar-refractivity contribution in [1.29, 1.82) is 0 Å². The lowest BCUT2D eigenvalue weighted by molar-refractivity contribution is 0.250. The van der Waals surface area contributed by atoms with Gasteiger partial charge in [0.2, 0.25) is 0 Å². The summed E-state index contributed by atoms with van der Waals surface area (Å²) in [6.45, 7) is 0. The molecule has 1 saturated heterocycles. The summed E-state index contributed by atoms with van der Waals surface area (Å²) in [6.07, 6.45) is 0.686. The number of carbonyl (C=O) groups excluding carboxylic acids is 1. The van der Waals surface area contributed by atoms with Crippen molar-refractivity contribution in [2.24, 2.45) is 0 Å². The lowest BCUT2D eigenvalue weighted by Gasteiger charge is -2.22. The number of anilines is 1. The molecule has 1 heterocycles. The number of hydrogen-bond donors (Lipinski definition) is 2. The van der Waals surface area contributed by atoms with Crippen LogP contribution < -0.4 is 15.8 Å². The molecule has 4 nitrogen and oxygen atoms in total. The average molecular weight is 253 g/mol. The van der Waals surface area contributed by atoms with Crippen LogP contribution >= 0.6 is 0 Å². The molecule has 1 unspecified atom stereocenters. The summed E-state index contributed by atoms with van der Waals surface area (Å²) in [7, 11) is 0. The van der Waals surface area contributed by atoms with Crippen LogP contribution in [0.25, 0.3) is 0 Å². The van der Waals surface area contributed by atoms with Crippen molar-refractivity contribution in [2.45, 2.75) is 12.6 Å². The fraction of sp³-hybridized carbons (Fsp3) is 0.133. The summed E-state index contributed by atoms with van der Waals surface area (Å²) in [4.78, 5) is 13.7. The van der Waals surface area contributed by atoms with Crippen molar-refractivity contribution < 1.29 is 4.79 Å². The molecular formula is C15H15N3O. The van der Waals surface area contributed by atoms with E-state index in [9.17, 15) is 4.79 Å². The molecule has 0 radical (unpaired) electrons. The van der Waals surface area contributed by atoms with Crippen LogP contribution in [0.5, 0.6) is 0 Å². The Kier molecular flexibility index (Phi) is 3.16. The van der Waals surface area contributed by atoms with Gasteiger partial charge < -0.3 is 0 Å². The third kappa shape index (κ3) is 2.44. The molecule has 0 aromatic heterocycles. The molecule has 4 heteroatoms. The van der Waals surface area contributed by atoms with E-state index in [0.29, 0.717) is 0 Å². The zero-order valence-corrected chi connectivity index (χ0v) is 10.4. The lowest BCUT2D eigenvalue weighted by Crippen LogP contribution is -2.39. The Labute approximate surface area is 112 Å². The highest BCUT2D eigenvalue weighted by Gasteiger charge is 2.31. The van der Waals surface area contributed by atoms with Gasteiger partial charge in [-0.1, -0.05) is 48.5 Å². The van der Waals surface area contributed by atoms with E-state index >= 15 is 0 Å². The molecule has 1 aliphatic rings. The molecule has 2 aromatic carbocycles. The molecule has 19 heavy (non-hydrogen) atoms. The van der Waals surface area contributed by atoms with Gasteiger partial charge >= 0.3 is 6.03 Å². The maximum absolute atomic E-state index is 11.9. The first-order valence-electron chi connectivity index (χ1n) is 6.28. The van der Waals surface area contributed by atoms with Crippen molar-refractivity contribution in [3.8, 4) is 0 Å². The molecule has 1 aliphatic heterocycles. The maximum Gasteiger partial charge on any atom is 0.337 e. The predicted molar refractivity (Wildman–Crippen MR) is 74.5 cm³/mol. The number of urea groups is 1. The highest BCUT2D eigenvalue weighted by Crippen LogP contribution is 2.20.